The van der Waals surface area contributed by atoms with E-state index in [1.54, 1.807) is 17.9 Å². The number of likely N-dealkylation sites (N-methyl/N-ethyl adjacent to an activating group) is 1. The molecule has 1 fully saturated rings. The van der Waals surface area contributed by atoms with Crippen molar-refractivity contribution in [3.63, 3.8) is 0 Å². The van der Waals surface area contributed by atoms with Gasteiger partial charge in [-0.15, -0.1) is 24.8 Å². The van der Waals surface area contributed by atoms with Gasteiger partial charge < -0.3 is 15.1 Å². The molecule has 10 heteroatoms. The first-order valence-electron chi connectivity index (χ1n) is 9.55. The molecule has 1 aliphatic heterocycles. The van der Waals surface area contributed by atoms with E-state index in [9.17, 15) is 4.79 Å². The zero-order chi connectivity index (χ0) is 19.4. The number of hydrogen-bond donors (Lipinski definition) is 2. The van der Waals surface area contributed by atoms with Gasteiger partial charge >= 0.3 is 0 Å². The Bertz CT molecular complexity index is 751. The monoisotopic (exact) mass is 446 g/mol. The van der Waals surface area contributed by atoms with Crippen LogP contribution in [0.25, 0.3) is 0 Å². The molecule has 0 aromatic carbocycles. The molecule has 0 aliphatic carbocycles. The van der Waals surface area contributed by atoms with Crippen LogP contribution in [0.4, 0.5) is 0 Å². The molecule has 29 heavy (non-hydrogen) atoms. The summed E-state index contributed by atoms with van der Waals surface area (Å²) in [4.78, 5) is 19.4. The zero-order valence-electron chi connectivity index (χ0n) is 17.5. The SMILES string of the molecule is CNC(C(=O)NCC1CCN(Cc2nc(C)c(C)o2)CC1)c1cnn(C)c1.Cl.Cl. The highest BCUT2D eigenvalue weighted by atomic mass is 35.5. The zero-order valence-corrected chi connectivity index (χ0v) is 19.1. The van der Waals surface area contributed by atoms with Crippen molar-refractivity contribution in [1.29, 1.82) is 0 Å². The van der Waals surface area contributed by atoms with Gasteiger partial charge in [-0.3, -0.25) is 14.4 Å². The van der Waals surface area contributed by atoms with Crippen molar-refractivity contribution in [2.24, 2.45) is 13.0 Å². The number of hydrogen-bond acceptors (Lipinski definition) is 6. The molecule has 2 N–H and O–H groups in total. The molecule has 0 saturated carbocycles. The molecule has 3 rings (SSSR count). The van der Waals surface area contributed by atoms with E-state index in [-0.39, 0.29) is 36.8 Å². The molecule has 1 saturated heterocycles. The van der Waals surface area contributed by atoms with Crippen molar-refractivity contribution in [2.45, 2.75) is 39.3 Å². The molecule has 1 aliphatic rings. The number of nitrogens with one attached hydrogen (secondary N) is 2. The van der Waals surface area contributed by atoms with Crippen LogP contribution in [0, 0.1) is 19.8 Å². The first-order chi connectivity index (χ1) is 13.0. The van der Waals surface area contributed by atoms with Crippen LogP contribution in [0.15, 0.2) is 16.8 Å². The Morgan fingerprint density at radius 1 is 1.31 bits per heavy atom. The van der Waals surface area contributed by atoms with Crippen LogP contribution in [0.3, 0.4) is 0 Å². The summed E-state index contributed by atoms with van der Waals surface area (Å²) in [7, 11) is 3.64. The van der Waals surface area contributed by atoms with E-state index in [4.69, 9.17) is 4.42 Å². The second kappa shape index (κ2) is 11.5. The minimum absolute atomic E-state index is 0. The van der Waals surface area contributed by atoms with Crippen LogP contribution in [-0.4, -0.2) is 52.3 Å². The van der Waals surface area contributed by atoms with Gasteiger partial charge in [-0.1, -0.05) is 0 Å². The van der Waals surface area contributed by atoms with Crippen LogP contribution in [0.5, 0.6) is 0 Å². The second-order valence-electron chi connectivity index (χ2n) is 7.38. The maximum absolute atomic E-state index is 12.5. The van der Waals surface area contributed by atoms with Gasteiger partial charge in [0, 0.05) is 25.4 Å². The average molecular weight is 447 g/mol. The summed E-state index contributed by atoms with van der Waals surface area (Å²) in [5.41, 5.74) is 1.85. The number of carbonyl (C=O) groups is 1. The van der Waals surface area contributed by atoms with E-state index in [0.29, 0.717) is 12.5 Å². The molecule has 1 unspecified atom stereocenters. The number of aromatic nitrogens is 3. The lowest BCUT2D eigenvalue weighted by Crippen LogP contribution is -2.41. The van der Waals surface area contributed by atoms with E-state index < -0.39 is 0 Å². The molecule has 1 amide bonds. The highest BCUT2D eigenvalue weighted by Crippen LogP contribution is 2.20. The summed E-state index contributed by atoms with van der Waals surface area (Å²) < 4.78 is 7.39. The van der Waals surface area contributed by atoms with Crippen LogP contribution < -0.4 is 10.6 Å². The Morgan fingerprint density at radius 2 is 2.00 bits per heavy atom. The number of halogens is 2. The molecule has 0 spiro atoms. The van der Waals surface area contributed by atoms with Crippen LogP contribution >= 0.6 is 24.8 Å². The topological polar surface area (TPSA) is 88.2 Å². The van der Waals surface area contributed by atoms with E-state index >= 15 is 0 Å². The number of aryl methyl sites for hydroxylation is 3. The summed E-state index contributed by atoms with van der Waals surface area (Å²) >= 11 is 0. The van der Waals surface area contributed by atoms with E-state index in [1.165, 1.54) is 0 Å². The van der Waals surface area contributed by atoms with Gasteiger partial charge in [-0.25, -0.2) is 4.98 Å². The molecular formula is C19H32Cl2N6O2. The van der Waals surface area contributed by atoms with Gasteiger partial charge in [-0.05, 0) is 52.7 Å². The number of oxazole rings is 1. The van der Waals surface area contributed by atoms with Gasteiger partial charge in [0.2, 0.25) is 11.8 Å². The Labute approximate surface area is 184 Å². The second-order valence-corrected chi connectivity index (χ2v) is 7.38. The van der Waals surface area contributed by atoms with Crippen molar-refractivity contribution in [3.8, 4) is 0 Å². The van der Waals surface area contributed by atoms with Crippen molar-refractivity contribution < 1.29 is 9.21 Å². The smallest absolute Gasteiger partial charge is 0.241 e. The Kier molecular flexibility index (Phi) is 10.1. The van der Waals surface area contributed by atoms with Crippen molar-refractivity contribution in [3.05, 3.63) is 35.3 Å². The van der Waals surface area contributed by atoms with Crippen molar-refractivity contribution in [2.75, 3.05) is 26.7 Å². The summed E-state index contributed by atoms with van der Waals surface area (Å²) in [5, 5.41) is 10.3. The summed E-state index contributed by atoms with van der Waals surface area (Å²) in [6.45, 7) is 7.39. The molecule has 2 aromatic heterocycles. The Balaban J connectivity index is 0.00000210. The van der Waals surface area contributed by atoms with Crippen molar-refractivity contribution in [1.82, 2.24) is 30.3 Å². The largest absolute Gasteiger partial charge is 0.444 e. The molecule has 3 heterocycles. The quantitative estimate of drug-likeness (QED) is 0.677. The van der Waals surface area contributed by atoms with Crippen LogP contribution in [0.1, 0.15) is 41.8 Å². The van der Waals surface area contributed by atoms with Crippen molar-refractivity contribution >= 4 is 30.7 Å². The van der Waals surface area contributed by atoms with Gasteiger partial charge in [-0.2, -0.15) is 5.10 Å². The molecule has 164 valence electrons. The summed E-state index contributed by atoms with van der Waals surface area (Å²) in [6.07, 6.45) is 5.72. The fourth-order valence-electron chi connectivity index (χ4n) is 3.53. The minimum atomic E-state index is -0.365. The molecule has 0 bridgehead atoms. The normalized spacial score (nSPS) is 16.0. The number of piperidine rings is 1. The number of carbonyl (C=O) groups excluding carboxylic acids is 1. The molecule has 2 aromatic rings. The highest BCUT2D eigenvalue weighted by Gasteiger charge is 2.24. The van der Waals surface area contributed by atoms with Gasteiger partial charge in [0.25, 0.3) is 0 Å². The number of likely N-dealkylation sites (tertiary alicyclic amines) is 1. The molecular weight excluding hydrogens is 415 g/mol. The fourth-order valence-corrected chi connectivity index (χ4v) is 3.53. The fraction of sp³-hybridized carbons (Fsp3) is 0.632. The first-order valence-corrected chi connectivity index (χ1v) is 9.55. The standard InChI is InChI=1S/C19H30N6O2.2ClH/c1-13-14(2)27-17(23-13)12-25-7-5-15(6-8-25)9-21-19(26)18(20-3)16-10-22-24(4)11-16;;/h10-11,15,18,20H,5-9,12H2,1-4H3,(H,21,26);2*1H. The van der Waals surface area contributed by atoms with Gasteiger partial charge in [0.05, 0.1) is 18.4 Å². The molecule has 8 nitrogen and oxygen atoms in total. The lowest BCUT2D eigenvalue weighted by atomic mass is 9.96. The maximum Gasteiger partial charge on any atom is 0.241 e. The minimum Gasteiger partial charge on any atom is -0.444 e. The van der Waals surface area contributed by atoms with E-state index in [0.717, 1.165) is 55.4 Å². The number of amides is 1. The predicted molar refractivity (Wildman–Crippen MR) is 116 cm³/mol. The third-order valence-corrected chi connectivity index (χ3v) is 5.31. The van der Waals surface area contributed by atoms with Gasteiger partial charge in [0.15, 0.2) is 0 Å². The highest BCUT2D eigenvalue weighted by molar-refractivity contribution is 5.85. The molecule has 1 atom stereocenters. The molecule has 0 radical (unpaired) electrons. The number of nitrogens with zero attached hydrogens (tertiary/aromatic N) is 4. The third-order valence-electron chi connectivity index (χ3n) is 5.31. The van der Waals surface area contributed by atoms with E-state index in [1.807, 2.05) is 27.1 Å². The lowest BCUT2D eigenvalue weighted by Gasteiger charge is -2.31. The first kappa shape index (κ1) is 25.4. The lowest BCUT2D eigenvalue weighted by molar-refractivity contribution is -0.123. The van der Waals surface area contributed by atoms with E-state index in [2.05, 4.69) is 25.6 Å². The van der Waals surface area contributed by atoms with Crippen LogP contribution in [0.2, 0.25) is 0 Å². The number of rotatable bonds is 7. The average Bonchev–Trinajstić information content (AvgIpc) is 3.20. The predicted octanol–water partition coefficient (Wildman–Crippen LogP) is 2.16. The van der Waals surface area contributed by atoms with Gasteiger partial charge in [0.1, 0.15) is 11.8 Å². The third kappa shape index (κ3) is 6.70. The maximum atomic E-state index is 12.5. The van der Waals surface area contributed by atoms with Crippen LogP contribution in [-0.2, 0) is 18.4 Å². The summed E-state index contributed by atoms with van der Waals surface area (Å²) in [6, 6.07) is -0.365. The Morgan fingerprint density at radius 3 is 2.52 bits per heavy atom. The Hall–Kier alpha value is -1.61. The summed E-state index contributed by atoms with van der Waals surface area (Å²) in [5.74, 6) is 2.20.